The van der Waals surface area contributed by atoms with E-state index in [1.165, 1.54) is 0 Å². The monoisotopic (exact) mass is 441 g/mol. The minimum absolute atomic E-state index is 0.106. The van der Waals surface area contributed by atoms with E-state index in [1.54, 1.807) is 36.1 Å². The zero-order chi connectivity index (χ0) is 22.9. The lowest BCUT2D eigenvalue weighted by atomic mass is 9.89. The predicted octanol–water partition coefficient (Wildman–Crippen LogP) is 4.06. The van der Waals surface area contributed by atoms with Crippen molar-refractivity contribution in [2.75, 3.05) is 11.5 Å². The number of phenols is 1. The molecule has 1 aliphatic heterocycles. The van der Waals surface area contributed by atoms with Gasteiger partial charge in [0.2, 0.25) is 11.9 Å². The second-order valence-electron chi connectivity index (χ2n) is 7.95. The molecular weight excluding hydrogens is 418 g/mol. The van der Waals surface area contributed by atoms with Crippen LogP contribution in [0.3, 0.4) is 0 Å². The second-order valence-corrected chi connectivity index (χ2v) is 7.95. The molecule has 2 atom stereocenters. The molecule has 3 aromatic carbocycles. The van der Waals surface area contributed by atoms with Gasteiger partial charge in [-0.2, -0.15) is 0 Å². The van der Waals surface area contributed by atoms with Gasteiger partial charge < -0.3 is 14.4 Å². The van der Waals surface area contributed by atoms with Gasteiger partial charge in [-0.1, -0.05) is 54.6 Å². The maximum atomic E-state index is 13.9. The third-order valence-corrected chi connectivity index (χ3v) is 5.90. The standard InChI is InChI=1S/C26H23N3O4/c1-2-33-25(32)22-23(18-12-14-19(30)15-13-18)29-21-11-7-6-10-20(21)27-26(29)28(24(22)31)16-17-8-4-3-5-9-17/h3-15,22-23,30H,2,16H2,1H3/t22-,23+/m1/s1. The van der Waals surface area contributed by atoms with Gasteiger partial charge in [-0.15, -0.1) is 0 Å². The van der Waals surface area contributed by atoms with E-state index in [0.717, 1.165) is 16.6 Å². The maximum Gasteiger partial charge on any atom is 0.321 e. The predicted molar refractivity (Wildman–Crippen MR) is 124 cm³/mol. The molecule has 0 saturated carbocycles. The quantitative estimate of drug-likeness (QED) is 0.373. The van der Waals surface area contributed by atoms with Crippen LogP contribution in [0.4, 0.5) is 5.95 Å². The Hall–Kier alpha value is -4.13. The first-order valence-electron chi connectivity index (χ1n) is 10.9. The van der Waals surface area contributed by atoms with Crippen LogP contribution in [0, 0.1) is 5.92 Å². The van der Waals surface area contributed by atoms with Crippen molar-refractivity contribution in [1.82, 2.24) is 9.55 Å². The number of phenolic OH excluding ortho intramolecular Hbond substituents is 1. The van der Waals surface area contributed by atoms with Crippen molar-refractivity contribution >= 4 is 28.9 Å². The van der Waals surface area contributed by atoms with Crippen molar-refractivity contribution in [3.05, 3.63) is 90.0 Å². The lowest BCUT2D eigenvalue weighted by molar-refractivity contribution is -0.153. The Morgan fingerprint density at radius 2 is 1.70 bits per heavy atom. The molecule has 4 aromatic rings. The molecule has 7 heteroatoms. The van der Waals surface area contributed by atoms with Gasteiger partial charge in [0.25, 0.3) is 0 Å². The number of esters is 1. The van der Waals surface area contributed by atoms with Gasteiger partial charge >= 0.3 is 5.97 Å². The summed E-state index contributed by atoms with van der Waals surface area (Å²) >= 11 is 0. The highest BCUT2D eigenvalue weighted by molar-refractivity contribution is 6.08. The summed E-state index contributed by atoms with van der Waals surface area (Å²) in [5, 5.41) is 9.81. The Morgan fingerprint density at radius 3 is 2.42 bits per heavy atom. The molecular formula is C26H23N3O4. The molecule has 0 unspecified atom stereocenters. The smallest absolute Gasteiger partial charge is 0.321 e. The van der Waals surface area contributed by atoms with Crippen LogP contribution >= 0.6 is 0 Å². The molecule has 0 radical (unpaired) electrons. The number of carbonyl (C=O) groups is 2. The SMILES string of the molecule is CCOC(=O)[C@H]1C(=O)N(Cc2ccccc2)c2nc3ccccc3n2[C@H]1c1ccc(O)cc1. The van der Waals surface area contributed by atoms with Gasteiger partial charge in [0.15, 0.2) is 5.92 Å². The average molecular weight is 441 g/mol. The molecule has 1 amide bonds. The van der Waals surface area contributed by atoms with Crippen molar-refractivity contribution in [3.8, 4) is 5.75 Å². The number of nitrogens with zero attached hydrogens (tertiary/aromatic N) is 3. The first kappa shape index (κ1) is 20.8. The molecule has 33 heavy (non-hydrogen) atoms. The van der Waals surface area contributed by atoms with Gasteiger partial charge in [0, 0.05) is 0 Å². The first-order chi connectivity index (χ1) is 16.1. The normalized spacial score (nSPS) is 17.7. The summed E-state index contributed by atoms with van der Waals surface area (Å²) in [6, 6.07) is 23.1. The Kier molecular flexibility index (Phi) is 5.30. The fraction of sp³-hybridized carbons (Fsp3) is 0.192. The number of fused-ring (bicyclic) bond motifs is 3. The number of carbonyl (C=O) groups excluding carboxylic acids is 2. The van der Waals surface area contributed by atoms with Crippen LogP contribution in [0.25, 0.3) is 11.0 Å². The van der Waals surface area contributed by atoms with Crippen LogP contribution in [0.15, 0.2) is 78.9 Å². The molecule has 5 rings (SSSR count). The van der Waals surface area contributed by atoms with Gasteiger partial charge in [-0.3, -0.25) is 14.5 Å². The molecule has 0 fully saturated rings. The number of aromatic nitrogens is 2. The number of para-hydroxylation sites is 2. The Labute approximate surface area is 190 Å². The lowest BCUT2D eigenvalue weighted by Crippen LogP contribution is -2.49. The fourth-order valence-electron chi connectivity index (χ4n) is 4.44. The van der Waals surface area contributed by atoms with E-state index in [0.29, 0.717) is 11.5 Å². The third-order valence-electron chi connectivity index (χ3n) is 5.90. The average Bonchev–Trinajstić information content (AvgIpc) is 3.21. The molecule has 1 N–H and O–H groups in total. The first-order valence-corrected chi connectivity index (χ1v) is 10.9. The van der Waals surface area contributed by atoms with Gasteiger partial charge in [-0.05, 0) is 42.3 Å². The second kappa shape index (κ2) is 8.43. The van der Waals surface area contributed by atoms with E-state index >= 15 is 0 Å². The van der Waals surface area contributed by atoms with Gasteiger partial charge in [0.1, 0.15) is 5.75 Å². The van der Waals surface area contributed by atoms with Crippen LogP contribution in [0.5, 0.6) is 5.75 Å². The number of rotatable bonds is 5. The van der Waals surface area contributed by atoms with Crippen LogP contribution < -0.4 is 4.90 Å². The number of hydrogen-bond acceptors (Lipinski definition) is 5. The largest absolute Gasteiger partial charge is 0.508 e. The Morgan fingerprint density at radius 1 is 1.00 bits per heavy atom. The number of benzene rings is 3. The molecule has 2 heterocycles. The van der Waals surface area contributed by atoms with Gasteiger partial charge in [0.05, 0.1) is 30.2 Å². The molecule has 0 spiro atoms. The van der Waals surface area contributed by atoms with Crippen molar-refractivity contribution in [3.63, 3.8) is 0 Å². The van der Waals surface area contributed by atoms with Crippen molar-refractivity contribution in [2.24, 2.45) is 5.92 Å². The summed E-state index contributed by atoms with van der Waals surface area (Å²) in [4.78, 5) is 33.4. The minimum Gasteiger partial charge on any atom is -0.508 e. The molecule has 0 aliphatic carbocycles. The molecule has 0 saturated heterocycles. The topological polar surface area (TPSA) is 84.7 Å². The fourth-order valence-corrected chi connectivity index (χ4v) is 4.44. The van der Waals surface area contributed by atoms with Crippen LogP contribution in [-0.4, -0.2) is 33.1 Å². The highest BCUT2D eigenvalue weighted by atomic mass is 16.5. The molecule has 0 bridgehead atoms. The lowest BCUT2D eigenvalue weighted by Gasteiger charge is -2.38. The van der Waals surface area contributed by atoms with Crippen molar-refractivity contribution < 1.29 is 19.4 Å². The summed E-state index contributed by atoms with van der Waals surface area (Å²) in [7, 11) is 0. The maximum absolute atomic E-state index is 13.9. The van der Waals surface area contributed by atoms with E-state index in [1.807, 2.05) is 59.2 Å². The van der Waals surface area contributed by atoms with Crippen LogP contribution in [0.1, 0.15) is 24.1 Å². The number of imidazole rings is 1. The molecule has 166 valence electrons. The number of anilines is 1. The Bertz CT molecular complexity index is 1310. The Balaban J connectivity index is 1.75. The highest BCUT2D eigenvalue weighted by Crippen LogP contribution is 2.42. The highest BCUT2D eigenvalue weighted by Gasteiger charge is 2.47. The summed E-state index contributed by atoms with van der Waals surface area (Å²) in [5.74, 6) is -1.46. The third kappa shape index (κ3) is 3.61. The summed E-state index contributed by atoms with van der Waals surface area (Å²) < 4.78 is 7.30. The molecule has 1 aromatic heterocycles. The number of amides is 1. The summed E-state index contributed by atoms with van der Waals surface area (Å²) in [6.07, 6.45) is 0. The van der Waals surface area contributed by atoms with Crippen molar-refractivity contribution in [1.29, 1.82) is 0 Å². The van der Waals surface area contributed by atoms with E-state index in [4.69, 9.17) is 9.72 Å². The van der Waals surface area contributed by atoms with E-state index in [9.17, 15) is 14.7 Å². The van der Waals surface area contributed by atoms with Crippen molar-refractivity contribution in [2.45, 2.75) is 19.5 Å². The zero-order valence-electron chi connectivity index (χ0n) is 18.1. The van der Waals surface area contributed by atoms with Crippen LogP contribution in [-0.2, 0) is 20.9 Å². The molecule has 1 aliphatic rings. The molecule has 7 nitrogen and oxygen atoms in total. The van der Waals surface area contributed by atoms with Crippen LogP contribution in [0.2, 0.25) is 0 Å². The zero-order valence-corrected chi connectivity index (χ0v) is 18.1. The summed E-state index contributed by atoms with van der Waals surface area (Å²) in [5.41, 5.74) is 3.18. The van der Waals surface area contributed by atoms with E-state index in [2.05, 4.69) is 0 Å². The number of hydrogen-bond donors (Lipinski definition) is 1. The number of ether oxygens (including phenoxy) is 1. The van der Waals surface area contributed by atoms with E-state index in [-0.39, 0.29) is 24.8 Å². The minimum atomic E-state index is -1.09. The van der Waals surface area contributed by atoms with E-state index < -0.39 is 17.9 Å². The van der Waals surface area contributed by atoms with Gasteiger partial charge in [-0.25, -0.2) is 4.98 Å². The number of aromatic hydroxyl groups is 1. The summed E-state index contributed by atoms with van der Waals surface area (Å²) in [6.45, 7) is 2.17.